The van der Waals surface area contributed by atoms with Crippen molar-refractivity contribution in [3.63, 3.8) is 0 Å². The van der Waals surface area contributed by atoms with Crippen LogP contribution in [0.5, 0.6) is 0 Å². The largest absolute Gasteiger partial charge is 0.465 e. The smallest absolute Gasteiger partial charge is 0.316 e. The van der Waals surface area contributed by atoms with Gasteiger partial charge in [0, 0.05) is 12.0 Å². The third-order valence-corrected chi connectivity index (χ3v) is 2.77. The first-order valence-electron chi connectivity index (χ1n) is 6.13. The molecule has 4 nitrogen and oxygen atoms in total. The first-order valence-corrected chi connectivity index (χ1v) is 6.13. The summed E-state index contributed by atoms with van der Waals surface area (Å²) in [6.45, 7) is 3.18. The van der Waals surface area contributed by atoms with Crippen LogP contribution in [0.25, 0.3) is 0 Å². The van der Waals surface area contributed by atoms with Crippen molar-refractivity contribution in [1.82, 2.24) is 0 Å². The second-order valence-electron chi connectivity index (χ2n) is 4.18. The maximum Gasteiger partial charge on any atom is 0.316 e. The Bertz CT molecular complexity index is 404. The molecular weight excluding hydrogens is 232 g/mol. The monoisotopic (exact) mass is 250 g/mol. The van der Waals surface area contributed by atoms with Crippen molar-refractivity contribution in [1.29, 1.82) is 0 Å². The van der Waals surface area contributed by atoms with Gasteiger partial charge in [-0.25, -0.2) is 0 Å². The summed E-state index contributed by atoms with van der Waals surface area (Å²) in [5, 5.41) is 0. The van der Waals surface area contributed by atoms with Gasteiger partial charge in [0.1, 0.15) is 11.7 Å². The predicted octanol–water partition coefficient (Wildman–Crippen LogP) is 1.99. The minimum atomic E-state index is -0.978. The van der Waals surface area contributed by atoms with Gasteiger partial charge in [-0.15, -0.1) is 0 Å². The zero-order chi connectivity index (χ0) is 13.5. The van der Waals surface area contributed by atoms with Crippen molar-refractivity contribution < 1.29 is 19.1 Å². The van der Waals surface area contributed by atoms with Crippen LogP contribution in [0.2, 0.25) is 0 Å². The van der Waals surface area contributed by atoms with Gasteiger partial charge in [0.05, 0.1) is 6.61 Å². The summed E-state index contributed by atoms with van der Waals surface area (Å²) in [6.07, 6.45) is 7.14. The Balaban J connectivity index is 2.69. The van der Waals surface area contributed by atoms with Crippen LogP contribution in [-0.4, -0.2) is 24.1 Å². The van der Waals surface area contributed by atoms with Gasteiger partial charge in [-0.3, -0.25) is 14.4 Å². The van der Waals surface area contributed by atoms with Gasteiger partial charge in [-0.1, -0.05) is 18.2 Å². The number of Topliss-reactive ketones (excluding diaryl/α,β-unsaturated/α-hetero) is 2. The lowest BCUT2D eigenvalue weighted by Gasteiger charge is -2.13. The molecule has 1 atom stereocenters. The van der Waals surface area contributed by atoms with Crippen LogP contribution < -0.4 is 0 Å². The highest BCUT2D eigenvalue weighted by atomic mass is 16.5. The minimum absolute atomic E-state index is 0.107. The van der Waals surface area contributed by atoms with Crippen LogP contribution >= 0.6 is 0 Å². The van der Waals surface area contributed by atoms with E-state index in [4.69, 9.17) is 4.74 Å². The topological polar surface area (TPSA) is 60.4 Å². The molecule has 0 amide bonds. The lowest BCUT2D eigenvalue weighted by atomic mass is 9.93. The van der Waals surface area contributed by atoms with E-state index in [1.807, 2.05) is 12.2 Å². The second kappa shape index (κ2) is 6.89. The average Bonchev–Trinajstić information content (AvgIpc) is 2.36. The van der Waals surface area contributed by atoms with Crippen molar-refractivity contribution in [3.8, 4) is 0 Å². The molecule has 0 saturated heterocycles. The molecule has 98 valence electrons. The maximum absolute atomic E-state index is 11.9. The fourth-order valence-electron chi connectivity index (χ4n) is 1.76. The number of hydrogen-bond acceptors (Lipinski definition) is 4. The molecule has 0 N–H and O–H groups in total. The molecular formula is C14H18O4. The molecule has 0 aromatic carbocycles. The standard InChI is InChI=1S/C14H18O4/c1-3-18-14(17)12(10(2)15)9-13(16)11-7-5-4-6-8-11/h5,7-8,12H,3-4,6,9H2,1-2H3. The average molecular weight is 250 g/mol. The van der Waals surface area contributed by atoms with Gasteiger partial charge in [0.15, 0.2) is 5.78 Å². The van der Waals surface area contributed by atoms with Crippen molar-refractivity contribution in [2.24, 2.45) is 5.92 Å². The van der Waals surface area contributed by atoms with Gasteiger partial charge in [-0.05, 0) is 26.7 Å². The van der Waals surface area contributed by atoms with Gasteiger partial charge < -0.3 is 4.74 Å². The van der Waals surface area contributed by atoms with Crippen molar-refractivity contribution in [2.75, 3.05) is 6.61 Å². The van der Waals surface area contributed by atoms with Gasteiger partial charge in [0.2, 0.25) is 0 Å². The molecule has 0 bridgehead atoms. The van der Waals surface area contributed by atoms with Crippen LogP contribution in [-0.2, 0) is 19.1 Å². The summed E-state index contributed by atoms with van der Waals surface area (Å²) in [5.74, 6) is -2.10. The first kappa shape index (κ1) is 14.4. The van der Waals surface area contributed by atoms with Crippen LogP contribution in [0, 0.1) is 5.92 Å². The summed E-state index contributed by atoms with van der Waals surface area (Å²) in [7, 11) is 0. The Morgan fingerprint density at radius 2 is 2.06 bits per heavy atom. The second-order valence-corrected chi connectivity index (χ2v) is 4.18. The Labute approximate surface area is 107 Å². The van der Waals surface area contributed by atoms with E-state index in [0.717, 1.165) is 12.8 Å². The Hall–Kier alpha value is -1.71. The van der Waals surface area contributed by atoms with Crippen LogP contribution in [0.1, 0.15) is 33.1 Å². The Morgan fingerprint density at radius 3 is 2.56 bits per heavy atom. The quantitative estimate of drug-likeness (QED) is 0.534. The molecule has 18 heavy (non-hydrogen) atoms. The first-order chi connectivity index (χ1) is 8.56. The van der Waals surface area contributed by atoms with Crippen molar-refractivity contribution >= 4 is 17.5 Å². The van der Waals surface area contributed by atoms with E-state index in [1.165, 1.54) is 6.92 Å². The fourth-order valence-corrected chi connectivity index (χ4v) is 1.76. The molecule has 0 aliphatic heterocycles. The number of hydrogen-bond donors (Lipinski definition) is 0. The molecule has 1 rings (SSSR count). The number of ketones is 2. The van der Waals surface area contributed by atoms with E-state index in [1.54, 1.807) is 13.0 Å². The van der Waals surface area contributed by atoms with Crippen LogP contribution in [0.4, 0.5) is 0 Å². The minimum Gasteiger partial charge on any atom is -0.465 e. The lowest BCUT2D eigenvalue weighted by molar-refractivity contribution is -0.152. The summed E-state index contributed by atoms with van der Waals surface area (Å²) < 4.78 is 4.80. The predicted molar refractivity (Wildman–Crippen MR) is 66.9 cm³/mol. The zero-order valence-electron chi connectivity index (χ0n) is 10.8. The van der Waals surface area contributed by atoms with E-state index in [0.29, 0.717) is 5.57 Å². The molecule has 4 heteroatoms. The van der Waals surface area contributed by atoms with Gasteiger partial charge in [-0.2, -0.15) is 0 Å². The molecule has 1 aliphatic rings. The van der Waals surface area contributed by atoms with Crippen LogP contribution in [0.15, 0.2) is 23.8 Å². The molecule has 0 aromatic heterocycles. The number of ether oxygens (including phenoxy) is 1. The van der Waals surface area contributed by atoms with Crippen molar-refractivity contribution in [3.05, 3.63) is 23.8 Å². The molecule has 0 fully saturated rings. The van der Waals surface area contributed by atoms with Crippen LogP contribution in [0.3, 0.4) is 0 Å². The van der Waals surface area contributed by atoms with E-state index in [2.05, 4.69) is 0 Å². The molecule has 1 aliphatic carbocycles. The van der Waals surface area contributed by atoms with Gasteiger partial charge >= 0.3 is 5.97 Å². The zero-order valence-corrected chi connectivity index (χ0v) is 10.8. The normalized spacial score (nSPS) is 15.8. The van der Waals surface area contributed by atoms with E-state index < -0.39 is 11.9 Å². The highest BCUT2D eigenvalue weighted by Gasteiger charge is 2.28. The number of esters is 1. The highest BCUT2D eigenvalue weighted by molar-refractivity contribution is 6.06. The van der Waals surface area contributed by atoms with E-state index in [-0.39, 0.29) is 24.6 Å². The summed E-state index contributed by atoms with van der Waals surface area (Å²) >= 11 is 0. The number of carbonyl (C=O) groups excluding carboxylic acids is 3. The molecule has 0 spiro atoms. The van der Waals surface area contributed by atoms with E-state index >= 15 is 0 Å². The third-order valence-electron chi connectivity index (χ3n) is 2.77. The maximum atomic E-state index is 11.9. The van der Waals surface area contributed by atoms with Gasteiger partial charge in [0.25, 0.3) is 0 Å². The van der Waals surface area contributed by atoms with Crippen molar-refractivity contribution in [2.45, 2.75) is 33.1 Å². The molecule has 0 heterocycles. The lowest BCUT2D eigenvalue weighted by Crippen LogP contribution is -2.27. The fraction of sp³-hybridized carbons (Fsp3) is 0.500. The Kier molecular flexibility index (Phi) is 5.49. The summed E-state index contributed by atoms with van der Waals surface area (Å²) in [5.41, 5.74) is 0.580. The molecule has 0 aromatic rings. The summed E-state index contributed by atoms with van der Waals surface area (Å²) in [4.78, 5) is 34.9. The molecule has 0 radical (unpaired) electrons. The third kappa shape index (κ3) is 3.95. The molecule has 1 unspecified atom stereocenters. The highest BCUT2D eigenvalue weighted by Crippen LogP contribution is 2.16. The Morgan fingerprint density at radius 1 is 1.33 bits per heavy atom. The van der Waals surface area contributed by atoms with E-state index in [9.17, 15) is 14.4 Å². The molecule has 0 saturated carbocycles. The SMILES string of the molecule is CCOC(=O)C(CC(=O)C1=CCCC=C1)C(C)=O. The number of allylic oxidation sites excluding steroid dienone is 4. The summed E-state index contributed by atoms with van der Waals surface area (Å²) in [6, 6.07) is 0. The number of carbonyl (C=O) groups is 3. The number of rotatable bonds is 6.